The second-order valence-electron chi connectivity index (χ2n) is 7.35. The van der Waals surface area contributed by atoms with E-state index in [4.69, 9.17) is 4.74 Å². The third-order valence-corrected chi connectivity index (χ3v) is 4.55. The molecule has 0 spiro atoms. The highest BCUT2D eigenvalue weighted by molar-refractivity contribution is 5.89. The average Bonchev–Trinajstić information content (AvgIpc) is 3.09. The van der Waals surface area contributed by atoms with E-state index in [0.717, 1.165) is 27.8 Å². The van der Waals surface area contributed by atoms with Gasteiger partial charge in [-0.3, -0.25) is 9.59 Å². The fourth-order valence-electron chi connectivity index (χ4n) is 3.25. The number of carbonyl (C=O) groups excluding carboxylic acids is 2. The first-order chi connectivity index (χ1) is 13.9. The van der Waals surface area contributed by atoms with Crippen molar-refractivity contribution in [2.45, 2.75) is 45.9 Å². The molecule has 0 saturated heterocycles. The topological polar surface area (TPSA) is 83.2 Å². The lowest BCUT2D eigenvalue weighted by atomic mass is 10.0. The maximum atomic E-state index is 12.8. The summed E-state index contributed by atoms with van der Waals surface area (Å²) in [5, 5.41) is 6.74. The summed E-state index contributed by atoms with van der Waals surface area (Å²) in [5.74, 6) is 0.346. The number of rotatable bonds is 8. The zero-order valence-electron chi connectivity index (χ0n) is 17.0. The molecule has 2 amide bonds. The Labute approximate surface area is 170 Å². The number of nitrogens with one attached hydrogen (secondary N) is 3. The Morgan fingerprint density at radius 3 is 2.48 bits per heavy atom. The molecule has 0 aliphatic carbocycles. The highest BCUT2D eigenvalue weighted by atomic mass is 16.5. The van der Waals surface area contributed by atoms with Crippen molar-refractivity contribution in [3.63, 3.8) is 0 Å². The predicted molar refractivity (Wildman–Crippen MR) is 114 cm³/mol. The molecule has 0 saturated carbocycles. The van der Waals surface area contributed by atoms with Gasteiger partial charge in [0, 0.05) is 37.0 Å². The van der Waals surface area contributed by atoms with E-state index >= 15 is 0 Å². The molecule has 0 aliphatic rings. The molecule has 3 N–H and O–H groups in total. The Bertz CT molecular complexity index is 976. The largest absolute Gasteiger partial charge is 0.491 e. The summed E-state index contributed by atoms with van der Waals surface area (Å²) >= 11 is 0. The number of hydrogen-bond donors (Lipinski definition) is 3. The number of amides is 2. The van der Waals surface area contributed by atoms with Crippen LogP contribution in [0.4, 0.5) is 0 Å². The van der Waals surface area contributed by atoms with E-state index in [-0.39, 0.29) is 17.9 Å². The molecule has 6 nitrogen and oxygen atoms in total. The Balaban J connectivity index is 1.65. The number of benzene rings is 2. The smallest absolute Gasteiger partial charge is 0.243 e. The first-order valence-electron chi connectivity index (χ1n) is 9.78. The van der Waals surface area contributed by atoms with Crippen LogP contribution in [-0.4, -0.2) is 28.9 Å². The minimum atomic E-state index is -0.643. The van der Waals surface area contributed by atoms with E-state index in [2.05, 4.69) is 15.6 Å². The van der Waals surface area contributed by atoms with Crippen LogP contribution in [0.15, 0.2) is 54.7 Å². The van der Waals surface area contributed by atoms with Crippen molar-refractivity contribution in [2.75, 3.05) is 0 Å². The van der Waals surface area contributed by atoms with Gasteiger partial charge in [-0.05, 0) is 43.2 Å². The van der Waals surface area contributed by atoms with Crippen LogP contribution < -0.4 is 15.4 Å². The quantitative estimate of drug-likeness (QED) is 0.549. The van der Waals surface area contributed by atoms with Gasteiger partial charge < -0.3 is 20.4 Å². The van der Waals surface area contributed by atoms with Crippen molar-refractivity contribution < 1.29 is 14.3 Å². The number of ether oxygens (including phenoxy) is 1. The molecule has 1 atom stereocenters. The summed E-state index contributed by atoms with van der Waals surface area (Å²) in [5.41, 5.74) is 2.96. The maximum Gasteiger partial charge on any atom is 0.243 e. The number of para-hydroxylation sites is 1. The van der Waals surface area contributed by atoms with Crippen molar-refractivity contribution in [1.29, 1.82) is 0 Å². The van der Waals surface area contributed by atoms with E-state index in [1.165, 1.54) is 6.92 Å². The van der Waals surface area contributed by atoms with E-state index in [1.807, 2.05) is 68.6 Å². The molecule has 0 aliphatic heterocycles. The molecule has 1 aromatic heterocycles. The minimum Gasteiger partial charge on any atom is -0.491 e. The van der Waals surface area contributed by atoms with Crippen LogP contribution in [0.2, 0.25) is 0 Å². The monoisotopic (exact) mass is 393 g/mol. The van der Waals surface area contributed by atoms with Crippen LogP contribution in [0, 0.1) is 0 Å². The number of aromatic amines is 1. The lowest BCUT2D eigenvalue weighted by molar-refractivity contribution is -0.128. The first-order valence-corrected chi connectivity index (χ1v) is 9.78. The van der Waals surface area contributed by atoms with Crippen molar-refractivity contribution in [3.8, 4) is 5.75 Å². The van der Waals surface area contributed by atoms with Gasteiger partial charge in [0.2, 0.25) is 11.8 Å². The van der Waals surface area contributed by atoms with Gasteiger partial charge in [0.1, 0.15) is 11.8 Å². The molecule has 6 heteroatoms. The average molecular weight is 393 g/mol. The second kappa shape index (κ2) is 9.28. The summed E-state index contributed by atoms with van der Waals surface area (Å²) < 4.78 is 5.63. The molecule has 1 heterocycles. The predicted octanol–water partition coefficient (Wildman–Crippen LogP) is 3.32. The second-order valence-corrected chi connectivity index (χ2v) is 7.35. The van der Waals surface area contributed by atoms with Crippen molar-refractivity contribution in [1.82, 2.24) is 15.6 Å². The van der Waals surface area contributed by atoms with Crippen LogP contribution in [0.25, 0.3) is 10.9 Å². The van der Waals surface area contributed by atoms with E-state index in [9.17, 15) is 9.59 Å². The zero-order valence-corrected chi connectivity index (χ0v) is 17.0. The van der Waals surface area contributed by atoms with Gasteiger partial charge in [0.25, 0.3) is 0 Å². The molecule has 29 heavy (non-hydrogen) atoms. The highest BCUT2D eigenvalue weighted by Gasteiger charge is 2.21. The summed E-state index contributed by atoms with van der Waals surface area (Å²) in [6, 6.07) is 14.9. The molecule has 3 aromatic rings. The fourth-order valence-corrected chi connectivity index (χ4v) is 3.25. The summed E-state index contributed by atoms with van der Waals surface area (Å²) in [7, 11) is 0. The Morgan fingerprint density at radius 1 is 1.07 bits per heavy atom. The lowest BCUT2D eigenvalue weighted by Gasteiger charge is -2.18. The minimum absolute atomic E-state index is 0.114. The molecule has 2 aromatic carbocycles. The van der Waals surface area contributed by atoms with Gasteiger partial charge in [-0.1, -0.05) is 30.3 Å². The van der Waals surface area contributed by atoms with Gasteiger partial charge in [-0.25, -0.2) is 0 Å². The molecular weight excluding hydrogens is 366 g/mol. The van der Waals surface area contributed by atoms with Crippen LogP contribution in [0.3, 0.4) is 0 Å². The van der Waals surface area contributed by atoms with Crippen LogP contribution in [0.5, 0.6) is 5.75 Å². The number of carbonyl (C=O) groups is 2. The highest BCUT2D eigenvalue weighted by Crippen LogP contribution is 2.19. The van der Waals surface area contributed by atoms with Crippen molar-refractivity contribution in [2.24, 2.45) is 0 Å². The molecule has 1 unspecified atom stereocenters. The molecular formula is C23H27N3O3. The van der Waals surface area contributed by atoms with Crippen LogP contribution in [0.1, 0.15) is 31.9 Å². The summed E-state index contributed by atoms with van der Waals surface area (Å²) in [6.07, 6.45) is 2.42. The zero-order chi connectivity index (χ0) is 20.8. The van der Waals surface area contributed by atoms with Gasteiger partial charge in [0.15, 0.2) is 0 Å². The molecule has 0 bridgehead atoms. The molecule has 0 fully saturated rings. The Hall–Kier alpha value is -3.28. The molecule has 152 valence electrons. The standard InChI is InChI=1S/C23H27N3O3/c1-15(2)29-19-10-8-17(9-11-19)13-25-23(28)22(26-16(3)27)12-18-14-24-21-7-5-4-6-20(18)21/h4-11,14-15,22,24H,12-13H2,1-3H3,(H,25,28)(H,26,27). The summed E-state index contributed by atoms with van der Waals surface area (Å²) in [4.78, 5) is 27.6. The third kappa shape index (κ3) is 5.60. The lowest BCUT2D eigenvalue weighted by Crippen LogP contribution is -2.47. The number of aromatic nitrogens is 1. The van der Waals surface area contributed by atoms with Crippen molar-refractivity contribution >= 4 is 22.7 Å². The Morgan fingerprint density at radius 2 is 1.79 bits per heavy atom. The molecule has 0 radical (unpaired) electrons. The van der Waals surface area contributed by atoms with Crippen LogP contribution >= 0.6 is 0 Å². The van der Waals surface area contributed by atoms with Gasteiger partial charge in [0.05, 0.1) is 6.10 Å². The fraction of sp³-hybridized carbons (Fsp3) is 0.304. The van der Waals surface area contributed by atoms with Gasteiger partial charge in [-0.2, -0.15) is 0 Å². The SMILES string of the molecule is CC(=O)NC(Cc1c[nH]c2ccccc12)C(=O)NCc1ccc(OC(C)C)cc1. The molecule has 3 rings (SSSR count). The van der Waals surface area contributed by atoms with E-state index in [1.54, 1.807) is 0 Å². The number of H-pyrrole nitrogens is 1. The normalized spacial score (nSPS) is 12.0. The first kappa shape index (κ1) is 20.5. The van der Waals surface area contributed by atoms with Crippen LogP contribution in [-0.2, 0) is 22.6 Å². The summed E-state index contributed by atoms with van der Waals surface area (Å²) in [6.45, 7) is 5.75. The van der Waals surface area contributed by atoms with Gasteiger partial charge in [-0.15, -0.1) is 0 Å². The van der Waals surface area contributed by atoms with Crippen molar-refractivity contribution in [3.05, 3.63) is 65.9 Å². The Kier molecular flexibility index (Phi) is 6.54. The third-order valence-electron chi connectivity index (χ3n) is 4.55. The number of fused-ring (bicyclic) bond motifs is 1. The van der Waals surface area contributed by atoms with Gasteiger partial charge >= 0.3 is 0 Å². The maximum absolute atomic E-state index is 12.8. The van der Waals surface area contributed by atoms with E-state index in [0.29, 0.717) is 13.0 Å². The number of hydrogen-bond acceptors (Lipinski definition) is 3. The van der Waals surface area contributed by atoms with E-state index < -0.39 is 6.04 Å².